The molecule has 0 spiro atoms. The Bertz CT molecular complexity index is 410. The number of aromatic nitrogens is 2. The summed E-state index contributed by atoms with van der Waals surface area (Å²) in [5, 5.41) is 6.37. The van der Waals surface area contributed by atoms with Crippen LogP contribution < -0.4 is 10.6 Å². The second-order valence-corrected chi connectivity index (χ2v) is 4.62. The Kier molecular flexibility index (Phi) is 5.97. The molecule has 2 heterocycles. The molecule has 2 rings (SSSR count). The average molecular weight is 281 g/mol. The Hall–Kier alpha value is -1.44. The summed E-state index contributed by atoms with van der Waals surface area (Å²) in [6.07, 6.45) is 0. The summed E-state index contributed by atoms with van der Waals surface area (Å²) in [4.78, 5) is 11.1. The fourth-order valence-corrected chi connectivity index (χ4v) is 2.08. The maximum atomic E-state index is 5.33. The SMILES string of the molecule is CNc1cc(NCCN2CCOCC2)nc(COC)n1. The van der Waals surface area contributed by atoms with Crippen LogP contribution in [0.5, 0.6) is 0 Å². The van der Waals surface area contributed by atoms with E-state index in [2.05, 4.69) is 25.5 Å². The van der Waals surface area contributed by atoms with Crippen LogP contribution in [-0.4, -0.2) is 68.4 Å². The molecule has 0 amide bonds. The molecule has 1 aromatic heterocycles. The van der Waals surface area contributed by atoms with E-state index in [0.29, 0.717) is 12.4 Å². The monoisotopic (exact) mass is 281 g/mol. The number of nitrogens with zero attached hydrogens (tertiary/aromatic N) is 3. The molecule has 0 saturated carbocycles. The summed E-state index contributed by atoms with van der Waals surface area (Å²) >= 11 is 0. The summed E-state index contributed by atoms with van der Waals surface area (Å²) in [7, 11) is 3.48. The van der Waals surface area contributed by atoms with Gasteiger partial charge in [-0.2, -0.15) is 0 Å². The molecule has 0 aromatic carbocycles. The van der Waals surface area contributed by atoms with Crippen LogP contribution in [0.2, 0.25) is 0 Å². The maximum Gasteiger partial charge on any atom is 0.158 e. The van der Waals surface area contributed by atoms with E-state index in [1.807, 2.05) is 13.1 Å². The number of ether oxygens (including phenoxy) is 2. The standard InChI is InChI=1S/C13H23N5O2/c1-14-11-9-12(17-13(16-11)10-19-2)15-3-4-18-5-7-20-8-6-18/h9H,3-8,10H2,1-2H3,(H2,14,15,16,17). The highest BCUT2D eigenvalue weighted by Gasteiger charge is 2.09. The quantitative estimate of drug-likeness (QED) is 0.750. The largest absolute Gasteiger partial charge is 0.379 e. The van der Waals surface area contributed by atoms with Gasteiger partial charge in [0.25, 0.3) is 0 Å². The Morgan fingerprint density at radius 2 is 2.05 bits per heavy atom. The van der Waals surface area contributed by atoms with Gasteiger partial charge in [0.2, 0.25) is 0 Å². The van der Waals surface area contributed by atoms with Gasteiger partial charge in [-0.3, -0.25) is 4.90 Å². The predicted molar refractivity (Wildman–Crippen MR) is 78.0 cm³/mol. The number of hydrogen-bond acceptors (Lipinski definition) is 7. The highest BCUT2D eigenvalue weighted by Crippen LogP contribution is 2.11. The maximum absolute atomic E-state index is 5.33. The summed E-state index contributed by atoms with van der Waals surface area (Å²) in [5.41, 5.74) is 0. The number of hydrogen-bond donors (Lipinski definition) is 2. The molecule has 1 saturated heterocycles. The molecule has 0 aliphatic carbocycles. The highest BCUT2D eigenvalue weighted by atomic mass is 16.5. The second kappa shape index (κ2) is 7.98. The van der Waals surface area contributed by atoms with E-state index in [0.717, 1.165) is 51.0 Å². The van der Waals surface area contributed by atoms with Crippen molar-refractivity contribution in [2.45, 2.75) is 6.61 Å². The Labute approximate surface area is 119 Å². The number of nitrogens with one attached hydrogen (secondary N) is 2. The van der Waals surface area contributed by atoms with Crippen molar-refractivity contribution in [3.8, 4) is 0 Å². The molecule has 0 radical (unpaired) electrons. The lowest BCUT2D eigenvalue weighted by atomic mass is 10.4. The Morgan fingerprint density at radius 1 is 1.30 bits per heavy atom. The van der Waals surface area contributed by atoms with Crippen molar-refractivity contribution in [2.24, 2.45) is 0 Å². The molecule has 1 aliphatic rings. The van der Waals surface area contributed by atoms with E-state index < -0.39 is 0 Å². The van der Waals surface area contributed by atoms with E-state index in [-0.39, 0.29) is 0 Å². The lowest BCUT2D eigenvalue weighted by Gasteiger charge is -2.26. The molecule has 0 unspecified atom stereocenters. The lowest BCUT2D eigenvalue weighted by Crippen LogP contribution is -2.39. The van der Waals surface area contributed by atoms with Gasteiger partial charge >= 0.3 is 0 Å². The molecule has 1 fully saturated rings. The molecule has 0 atom stereocenters. The van der Waals surface area contributed by atoms with Crippen molar-refractivity contribution in [1.29, 1.82) is 0 Å². The molecule has 1 aromatic rings. The summed E-state index contributed by atoms with van der Waals surface area (Å²) in [5.74, 6) is 2.29. The fraction of sp³-hybridized carbons (Fsp3) is 0.692. The van der Waals surface area contributed by atoms with Crippen molar-refractivity contribution in [3.05, 3.63) is 11.9 Å². The van der Waals surface area contributed by atoms with Crippen molar-refractivity contribution in [1.82, 2.24) is 14.9 Å². The molecule has 2 N–H and O–H groups in total. The molecular formula is C13H23N5O2. The molecule has 7 nitrogen and oxygen atoms in total. The number of morpholine rings is 1. The first-order valence-corrected chi connectivity index (χ1v) is 6.90. The van der Waals surface area contributed by atoms with Gasteiger partial charge in [0, 0.05) is 46.4 Å². The minimum absolute atomic E-state index is 0.410. The smallest absolute Gasteiger partial charge is 0.158 e. The van der Waals surface area contributed by atoms with Crippen molar-refractivity contribution in [3.63, 3.8) is 0 Å². The highest BCUT2D eigenvalue weighted by molar-refractivity contribution is 5.47. The summed E-state index contributed by atoms with van der Waals surface area (Å²) in [6.45, 7) is 5.91. The Morgan fingerprint density at radius 3 is 2.75 bits per heavy atom. The number of methoxy groups -OCH3 is 1. The fourth-order valence-electron chi connectivity index (χ4n) is 2.08. The van der Waals surface area contributed by atoms with Gasteiger partial charge in [0.15, 0.2) is 5.82 Å². The first-order valence-electron chi connectivity index (χ1n) is 6.90. The Balaban J connectivity index is 1.85. The third-order valence-corrected chi connectivity index (χ3v) is 3.14. The van der Waals surface area contributed by atoms with Gasteiger partial charge in [0.05, 0.1) is 13.2 Å². The molecule has 0 bridgehead atoms. The van der Waals surface area contributed by atoms with Gasteiger partial charge in [-0.15, -0.1) is 0 Å². The molecule has 20 heavy (non-hydrogen) atoms. The first-order chi connectivity index (χ1) is 9.81. The van der Waals surface area contributed by atoms with Crippen LogP contribution >= 0.6 is 0 Å². The van der Waals surface area contributed by atoms with Crippen LogP contribution in [0.1, 0.15) is 5.82 Å². The lowest BCUT2D eigenvalue weighted by molar-refractivity contribution is 0.0398. The van der Waals surface area contributed by atoms with Crippen LogP contribution in [0, 0.1) is 0 Å². The molecule has 1 aliphatic heterocycles. The van der Waals surface area contributed by atoms with Gasteiger partial charge in [-0.05, 0) is 0 Å². The summed E-state index contributed by atoms with van der Waals surface area (Å²) in [6, 6.07) is 1.90. The normalized spacial score (nSPS) is 16.1. The van der Waals surface area contributed by atoms with Crippen LogP contribution in [0.4, 0.5) is 11.6 Å². The minimum atomic E-state index is 0.410. The van der Waals surface area contributed by atoms with Gasteiger partial charge < -0.3 is 20.1 Å². The zero-order valence-electron chi connectivity index (χ0n) is 12.2. The van der Waals surface area contributed by atoms with Gasteiger partial charge in [0.1, 0.15) is 18.2 Å². The van der Waals surface area contributed by atoms with E-state index in [9.17, 15) is 0 Å². The number of anilines is 2. The van der Waals surface area contributed by atoms with Crippen molar-refractivity contribution in [2.75, 3.05) is 64.2 Å². The van der Waals surface area contributed by atoms with Crippen LogP contribution in [-0.2, 0) is 16.1 Å². The topological polar surface area (TPSA) is 71.5 Å². The third kappa shape index (κ3) is 4.59. The van der Waals surface area contributed by atoms with Gasteiger partial charge in [-0.1, -0.05) is 0 Å². The first kappa shape index (κ1) is 15.0. The van der Waals surface area contributed by atoms with Gasteiger partial charge in [-0.25, -0.2) is 9.97 Å². The van der Waals surface area contributed by atoms with Crippen LogP contribution in [0.3, 0.4) is 0 Å². The van der Waals surface area contributed by atoms with E-state index in [1.54, 1.807) is 7.11 Å². The van der Waals surface area contributed by atoms with E-state index in [4.69, 9.17) is 9.47 Å². The van der Waals surface area contributed by atoms with Crippen molar-refractivity contribution >= 4 is 11.6 Å². The molecule has 112 valence electrons. The number of rotatable bonds is 7. The zero-order chi connectivity index (χ0) is 14.2. The molecular weight excluding hydrogens is 258 g/mol. The van der Waals surface area contributed by atoms with Crippen LogP contribution in [0.25, 0.3) is 0 Å². The van der Waals surface area contributed by atoms with Crippen molar-refractivity contribution < 1.29 is 9.47 Å². The van der Waals surface area contributed by atoms with E-state index >= 15 is 0 Å². The zero-order valence-corrected chi connectivity index (χ0v) is 12.2. The third-order valence-electron chi connectivity index (χ3n) is 3.14. The predicted octanol–water partition coefficient (Wildman–Crippen LogP) is 0.409. The second-order valence-electron chi connectivity index (χ2n) is 4.62. The average Bonchev–Trinajstić information content (AvgIpc) is 2.48. The van der Waals surface area contributed by atoms with Crippen LogP contribution in [0.15, 0.2) is 6.07 Å². The summed E-state index contributed by atoms with van der Waals surface area (Å²) < 4.78 is 10.4. The van der Waals surface area contributed by atoms with E-state index in [1.165, 1.54) is 0 Å². The minimum Gasteiger partial charge on any atom is -0.379 e. The molecule has 7 heteroatoms.